The van der Waals surface area contributed by atoms with Gasteiger partial charge in [-0.25, -0.2) is 0 Å². The maximum Gasteiger partial charge on any atom is 0.156 e. The van der Waals surface area contributed by atoms with Crippen molar-refractivity contribution in [2.75, 3.05) is 0 Å². The van der Waals surface area contributed by atoms with E-state index < -0.39 is 5.60 Å². The second-order valence-electron chi connectivity index (χ2n) is 8.21. The molecular weight excluding hydrogens is 284 g/mol. The highest BCUT2D eigenvalue weighted by Gasteiger charge is 2.60. The standard InChI is InChI=1S/C21H24O2/c1-4-21(23)12-9-18-16-6-5-14-13-15(22)7-10-19(14,2)17(16)8-11-20(18,21)3/h1,5-6,8,13,16,18,23H,7,9-12H2,2-3H3/t16?,18?,19?,20-,21-/m0/s1. The molecule has 2 nitrogen and oxygen atoms in total. The van der Waals surface area contributed by atoms with E-state index >= 15 is 0 Å². The second kappa shape index (κ2) is 4.48. The Morgan fingerprint density at radius 1 is 1.35 bits per heavy atom. The minimum Gasteiger partial charge on any atom is -0.377 e. The van der Waals surface area contributed by atoms with Crippen LogP contribution in [0.1, 0.15) is 46.0 Å². The van der Waals surface area contributed by atoms with Crippen molar-refractivity contribution in [3.63, 3.8) is 0 Å². The molecule has 1 N–H and O–H groups in total. The molecule has 0 aromatic carbocycles. The van der Waals surface area contributed by atoms with E-state index in [0.717, 1.165) is 24.8 Å². The fourth-order valence-electron chi connectivity index (χ4n) is 5.59. The minimum absolute atomic E-state index is 0.0223. The van der Waals surface area contributed by atoms with Crippen molar-refractivity contribution in [1.29, 1.82) is 0 Å². The lowest BCUT2D eigenvalue weighted by Gasteiger charge is -2.52. The zero-order valence-electron chi connectivity index (χ0n) is 13.9. The van der Waals surface area contributed by atoms with Gasteiger partial charge in [0, 0.05) is 23.2 Å². The fraction of sp³-hybridized carbons (Fsp3) is 0.571. The summed E-state index contributed by atoms with van der Waals surface area (Å²) >= 11 is 0. The predicted octanol–water partition coefficient (Wildman–Crippen LogP) is 3.58. The minimum atomic E-state index is -0.993. The van der Waals surface area contributed by atoms with Gasteiger partial charge < -0.3 is 5.11 Å². The molecule has 4 rings (SSSR count). The lowest BCUT2D eigenvalue weighted by molar-refractivity contribution is -0.115. The maximum atomic E-state index is 11.8. The number of rotatable bonds is 0. The summed E-state index contributed by atoms with van der Waals surface area (Å²) in [6, 6.07) is 0. The Hall–Kier alpha value is -1.59. The molecule has 0 aromatic rings. The van der Waals surface area contributed by atoms with Crippen LogP contribution in [-0.4, -0.2) is 16.5 Å². The van der Waals surface area contributed by atoms with Crippen LogP contribution in [0.3, 0.4) is 0 Å². The molecule has 3 unspecified atom stereocenters. The van der Waals surface area contributed by atoms with Crippen molar-refractivity contribution in [2.45, 2.75) is 51.6 Å². The SMILES string of the molecule is C#C[C@]1(O)CCC2C3C=CC4=CC(=O)CCC4(C)C3=CC[C@@]21C. The normalized spacial score (nSPS) is 47.8. The van der Waals surface area contributed by atoms with E-state index in [9.17, 15) is 9.90 Å². The molecular formula is C21H24O2. The molecule has 0 spiro atoms. The van der Waals surface area contributed by atoms with Gasteiger partial charge in [-0.15, -0.1) is 6.42 Å². The van der Waals surface area contributed by atoms with Crippen molar-refractivity contribution in [2.24, 2.45) is 22.7 Å². The molecule has 0 amide bonds. The van der Waals surface area contributed by atoms with Gasteiger partial charge >= 0.3 is 0 Å². The van der Waals surface area contributed by atoms with E-state index in [1.807, 2.05) is 6.08 Å². The first-order valence-electron chi connectivity index (χ1n) is 8.68. The highest BCUT2D eigenvalue weighted by molar-refractivity contribution is 5.92. The van der Waals surface area contributed by atoms with Gasteiger partial charge in [0.15, 0.2) is 5.78 Å². The number of carbonyl (C=O) groups excluding carboxylic acids is 1. The number of aliphatic hydroxyl groups is 1. The van der Waals surface area contributed by atoms with Gasteiger partial charge in [0.1, 0.15) is 5.60 Å². The quantitative estimate of drug-likeness (QED) is 0.548. The molecule has 0 aliphatic heterocycles. The van der Waals surface area contributed by atoms with Crippen molar-refractivity contribution in [3.8, 4) is 12.3 Å². The molecule has 0 saturated heterocycles. The molecule has 0 aromatic heterocycles. The Kier molecular flexibility index (Phi) is 2.92. The summed E-state index contributed by atoms with van der Waals surface area (Å²) in [7, 11) is 0. The highest BCUT2D eigenvalue weighted by Crippen LogP contribution is 2.63. The van der Waals surface area contributed by atoms with E-state index in [1.54, 1.807) is 0 Å². The van der Waals surface area contributed by atoms with Crippen molar-refractivity contribution < 1.29 is 9.90 Å². The zero-order chi connectivity index (χ0) is 16.5. The van der Waals surface area contributed by atoms with Gasteiger partial charge in [-0.05, 0) is 43.3 Å². The first kappa shape index (κ1) is 15.0. The average Bonchev–Trinajstić information content (AvgIpc) is 2.80. The molecule has 1 fully saturated rings. The number of allylic oxidation sites excluding steroid dienone is 6. The third-order valence-corrected chi connectivity index (χ3v) is 7.30. The molecule has 0 bridgehead atoms. The number of hydrogen-bond donors (Lipinski definition) is 1. The molecule has 120 valence electrons. The van der Waals surface area contributed by atoms with E-state index in [-0.39, 0.29) is 16.6 Å². The third-order valence-electron chi connectivity index (χ3n) is 7.30. The smallest absolute Gasteiger partial charge is 0.156 e. The number of hydrogen-bond acceptors (Lipinski definition) is 2. The Morgan fingerprint density at radius 3 is 2.87 bits per heavy atom. The van der Waals surface area contributed by atoms with Crippen molar-refractivity contribution >= 4 is 5.78 Å². The van der Waals surface area contributed by atoms with Crippen molar-refractivity contribution in [1.82, 2.24) is 0 Å². The lowest BCUT2D eigenvalue weighted by atomic mass is 9.52. The Labute approximate surface area is 138 Å². The maximum absolute atomic E-state index is 11.8. The molecule has 5 atom stereocenters. The van der Waals surface area contributed by atoms with Crippen LogP contribution in [0.4, 0.5) is 0 Å². The summed E-state index contributed by atoms with van der Waals surface area (Å²) in [5.74, 6) is 3.66. The predicted molar refractivity (Wildman–Crippen MR) is 90.4 cm³/mol. The number of terminal acetylenes is 1. The van der Waals surface area contributed by atoms with Gasteiger partial charge in [0.2, 0.25) is 0 Å². The lowest BCUT2D eigenvalue weighted by Crippen LogP contribution is -2.49. The molecule has 23 heavy (non-hydrogen) atoms. The van der Waals surface area contributed by atoms with Gasteiger partial charge in [-0.2, -0.15) is 0 Å². The van der Waals surface area contributed by atoms with E-state index in [2.05, 4.69) is 38.0 Å². The largest absolute Gasteiger partial charge is 0.377 e. The summed E-state index contributed by atoms with van der Waals surface area (Å²) in [5.41, 5.74) is 1.34. The van der Waals surface area contributed by atoms with Gasteiger partial charge in [-0.3, -0.25) is 4.79 Å². The highest BCUT2D eigenvalue weighted by atomic mass is 16.3. The Bertz CT molecular complexity index is 719. The van der Waals surface area contributed by atoms with Crippen LogP contribution < -0.4 is 0 Å². The van der Waals surface area contributed by atoms with Gasteiger partial charge in [0.05, 0.1) is 0 Å². The first-order valence-corrected chi connectivity index (χ1v) is 8.68. The molecule has 4 aliphatic carbocycles. The molecule has 0 heterocycles. The van der Waals surface area contributed by atoms with Gasteiger partial charge in [0.25, 0.3) is 0 Å². The topological polar surface area (TPSA) is 37.3 Å². The van der Waals surface area contributed by atoms with Gasteiger partial charge in [-0.1, -0.05) is 43.6 Å². The van der Waals surface area contributed by atoms with Crippen LogP contribution in [0.2, 0.25) is 0 Å². The Morgan fingerprint density at radius 2 is 2.13 bits per heavy atom. The van der Waals surface area contributed by atoms with E-state index in [4.69, 9.17) is 6.42 Å². The summed E-state index contributed by atoms with van der Waals surface area (Å²) in [5, 5.41) is 10.9. The third kappa shape index (κ3) is 1.72. The number of fused-ring (bicyclic) bond motifs is 5. The number of ketones is 1. The number of carbonyl (C=O) groups is 1. The summed E-state index contributed by atoms with van der Waals surface area (Å²) in [6.07, 6.45) is 18.3. The molecule has 2 heteroatoms. The first-order chi connectivity index (χ1) is 10.8. The fourth-order valence-corrected chi connectivity index (χ4v) is 5.59. The second-order valence-corrected chi connectivity index (χ2v) is 8.21. The Balaban J connectivity index is 1.82. The molecule has 0 radical (unpaired) electrons. The van der Waals surface area contributed by atoms with Crippen LogP contribution in [0.5, 0.6) is 0 Å². The van der Waals surface area contributed by atoms with Crippen molar-refractivity contribution in [3.05, 3.63) is 35.5 Å². The zero-order valence-corrected chi connectivity index (χ0v) is 13.9. The molecule has 1 saturated carbocycles. The van der Waals surface area contributed by atoms with E-state index in [0.29, 0.717) is 24.7 Å². The molecule has 4 aliphatic rings. The van der Waals surface area contributed by atoms with E-state index in [1.165, 1.54) is 5.57 Å². The average molecular weight is 308 g/mol. The van der Waals surface area contributed by atoms with Crippen LogP contribution in [0, 0.1) is 35.0 Å². The van der Waals surface area contributed by atoms with Crippen LogP contribution in [0.15, 0.2) is 35.5 Å². The monoisotopic (exact) mass is 308 g/mol. The summed E-state index contributed by atoms with van der Waals surface area (Å²) < 4.78 is 0. The van der Waals surface area contributed by atoms with Crippen LogP contribution in [-0.2, 0) is 4.79 Å². The van der Waals surface area contributed by atoms with Crippen LogP contribution >= 0.6 is 0 Å². The summed E-state index contributed by atoms with van der Waals surface area (Å²) in [6.45, 7) is 4.43. The summed E-state index contributed by atoms with van der Waals surface area (Å²) in [4.78, 5) is 11.8. The van der Waals surface area contributed by atoms with Crippen LogP contribution in [0.25, 0.3) is 0 Å².